The topological polar surface area (TPSA) is 66.5 Å². The number of carbonyl (C=O) groups excluding carboxylic acids is 1. The Morgan fingerprint density at radius 3 is 2.35 bits per heavy atom. The zero-order chi connectivity index (χ0) is 18.7. The summed E-state index contributed by atoms with van der Waals surface area (Å²) >= 11 is 12.0. The molecule has 138 valence electrons. The van der Waals surface area contributed by atoms with E-state index in [0.29, 0.717) is 18.1 Å². The van der Waals surface area contributed by atoms with Crippen molar-refractivity contribution in [3.63, 3.8) is 0 Å². The molecule has 3 rings (SSSR count). The molecule has 0 atom stereocenters. The minimum atomic E-state index is -3.60. The number of rotatable bonds is 5. The molecule has 0 aliphatic carbocycles. The zero-order valence-electron chi connectivity index (χ0n) is 13.9. The van der Waals surface area contributed by atoms with Gasteiger partial charge >= 0.3 is 0 Å². The van der Waals surface area contributed by atoms with Crippen molar-refractivity contribution in [1.29, 1.82) is 0 Å². The molecule has 0 spiro atoms. The molecule has 0 saturated carbocycles. The van der Waals surface area contributed by atoms with E-state index in [1.807, 2.05) is 0 Å². The number of carbonyl (C=O) groups is 1. The highest BCUT2D eigenvalue weighted by molar-refractivity contribution is 7.89. The number of nitrogens with zero attached hydrogens (tertiary/aromatic N) is 1. The van der Waals surface area contributed by atoms with E-state index in [9.17, 15) is 13.2 Å². The van der Waals surface area contributed by atoms with Gasteiger partial charge in [0.1, 0.15) is 0 Å². The van der Waals surface area contributed by atoms with Gasteiger partial charge in [0.25, 0.3) is 5.91 Å². The fourth-order valence-electron chi connectivity index (χ4n) is 2.80. The Kier molecular flexibility index (Phi) is 5.87. The maximum atomic E-state index is 12.7. The summed E-state index contributed by atoms with van der Waals surface area (Å²) < 4.78 is 26.8. The summed E-state index contributed by atoms with van der Waals surface area (Å²) in [5.74, 6) is -0.427. The molecule has 1 amide bonds. The quantitative estimate of drug-likeness (QED) is 0.813. The van der Waals surface area contributed by atoms with Gasteiger partial charge in [-0.15, -0.1) is 0 Å². The number of benzene rings is 2. The summed E-state index contributed by atoms with van der Waals surface area (Å²) in [5.41, 5.74) is 1.01. The summed E-state index contributed by atoms with van der Waals surface area (Å²) in [4.78, 5) is 12.6. The first-order valence-corrected chi connectivity index (χ1v) is 10.4. The van der Waals surface area contributed by atoms with Gasteiger partial charge in [0, 0.05) is 24.7 Å². The predicted octanol–water partition coefficient (Wildman–Crippen LogP) is 3.71. The number of amides is 1. The summed E-state index contributed by atoms with van der Waals surface area (Å²) in [6.07, 6.45) is 1.70. The molecule has 0 bridgehead atoms. The van der Waals surface area contributed by atoms with Crippen LogP contribution in [-0.4, -0.2) is 31.7 Å². The molecule has 1 N–H and O–H groups in total. The molecule has 2 aromatic rings. The first-order valence-electron chi connectivity index (χ1n) is 8.20. The van der Waals surface area contributed by atoms with Gasteiger partial charge in [-0.25, -0.2) is 8.42 Å². The van der Waals surface area contributed by atoms with Crippen LogP contribution in [0.2, 0.25) is 10.0 Å². The van der Waals surface area contributed by atoms with Crippen LogP contribution in [0.1, 0.15) is 28.8 Å². The van der Waals surface area contributed by atoms with Crippen LogP contribution in [0.3, 0.4) is 0 Å². The van der Waals surface area contributed by atoms with E-state index in [2.05, 4.69) is 5.32 Å². The molecule has 1 saturated heterocycles. The highest BCUT2D eigenvalue weighted by Gasteiger charge is 2.28. The Bertz CT molecular complexity index is 909. The minimum absolute atomic E-state index is 0.0837. The van der Waals surface area contributed by atoms with Crippen LogP contribution in [0, 0.1) is 0 Å². The van der Waals surface area contributed by atoms with Gasteiger partial charge in [0.2, 0.25) is 10.0 Å². The SMILES string of the molecule is O=C(NCc1ccc(Cl)cc1)c1cc(S(=O)(=O)N2CCCC2)ccc1Cl. The van der Waals surface area contributed by atoms with Gasteiger partial charge in [-0.3, -0.25) is 4.79 Å². The van der Waals surface area contributed by atoms with Crippen molar-refractivity contribution in [2.75, 3.05) is 13.1 Å². The average molecular weight is 413 g/mol. The Labute approximate surface area is 163 Å². The van der Waals surface area contributed by atoms with Gasteiger partial charge in [-0.05, 0) is 48.7 Å². The molecule has 1 fully saturated rings. The molecular weight excluding hydrogens is 395 g/mol. The molecule has 1 aliphatic rings. The lowest BCUT2D eigenvalue weighted by molar-refractivity contribution is 0.0951. The van der Waals surface area contributed by atoms with Gasteiger partial charge in [0.05, 0.1) is 15.5 Å². The van der Waals surface area contributed by atoms with E-state index in [4.69, 9.17) is 23.2 Å². The van der Waals surface area contributed by atoms with Gasteiger partial charge < -0.3 is 5.32 Å². The molecule has 8 heteroatoms. The van der Waals surface area contributed by atoms with Crippen LogP contribution in [0.25, 0.3) is 0 Å². The van der Waals surface area contributed by atoms with E-state index in [-0.39, 0.29) is 22.0 Å². The monoisotopic (exact) mass is 412 g/mol. The molecule has 0 aromatic heterocycles. The molecule has 5 nitrogen and oxygen atoms in total. The highest BCUT2D eigenvalue weighted by atomic mass is 35.5. The Morgan fingerprint density at radius 1 is 1.04 bits per heavy atom. The number of halogens is 2. The van der Waals surface area contributed by atoms with Crippen LogP contribution in [0.15, 0.2) is 47.4 Å². The number of nitrogens with one attached hydrogen (secondary N) is 1. The molecule has 0 unspecified atom stereocenters. The van der Waals surface area contributed by atoms with Crippen LogP contribution in [0.5, 0.6) is 0 Å². The number of sulfonamides is 1. The van der Waals surface area contributed by atoms with Gasteiger partial charge in [0.15, 0.2) is 0 Å². The second-order valence-corrected chi connectivity index (χ2v) is 8.84. The second-order valence-electron chi connectivity index (χ2n) is 6.06. The van der Waals surface area contributed by atoms with Crippen LogP contribution in [-0.2, 0) is 16.6 Å². The van der Waals surface area contributed by atoms with Crippen molar-refractivity contribution in [2.24, 2.45) is 0 Å². The predicted molar refractivity (Wildman–Crippen MR) is 102 cm³/mol. The van der Waals surface area contributed by atoms with E-state index in [1.54, 1.807) is 24.3 Å². The number of hydrogen-bond acceptors (Lipinski definition) is 3. The Balaban J connectivity index is 1.78. The standard InChI is InChI=1S/C18H18Cl2N2O3S/c19-14-5-3-13(4-6-14)12-21-18(23)16-11-15(7-8-17(16)20)26(24,25)22-9-1-2-10-22/h3-8,11H,1-2,9-10,12H2,(H,21,23). The Morgan fingerprint density at radius 2 is 1.69 bits per heavy atom. The van der Waals surface area contributed by atoms with E-state index in [1.165, 1.54) is 22.5 Å². The lowest BCUT2D eigenvalue weighted by Gasteiger charge is -2.16. The Hall–Kier alpha value is -1.60. The third-order valence-corrected chi connectivity index (χ3v) is 6.73. The molecular formula is C18H18Cl2N2O3S. The molecule has 0 radical (unpaired) electrons. The molecule has 1 heterocycles. The van der Waals surface area contributed by atoms with Gasteiger partial charge in [-0.1, -0.05) is 35.3 Å². The lowest BCUT2D eigenvalue weighted by Crippen LogP contribution is -2.28. The maximum Gasteiger partial charge on any atom is 0.253 e. The largest absolute Gasteiger partial charge is 0.348 e. The fourth-order valence-corrected chi connectivity index (χ4v) is 4.67. The molecule has 2 aromatic carbocycles. The third-order valence-electron chi connectivity index (χ3n) is 4.25. The number of hydrogen-bond donors (Lipinski definition) is 1. The van der Waals surface area contributed by atoms with Gasteiger partial charge in [-0.2, -0.15) is 4.31 Å². The van der Waals surface area contributed by atoms with Crippen LogP contribution in [0.4, 0.5) is 0 Å². The fraction of sp³-hybridized carbons (Fsp3) is 0.278. The summed E-state index contributed by atoms with van der Waals surface area (Å²) in [6.45, 7) is 1.29. The normalized spacial score (nSPS) is 15.2. The van der Waals surface area contributed by atoms with E-state index < -0.39 is 15.9 Å². The van der Waals surface area contributed by atoms with Crippen molar-refractivity contribution < 1.29 is 13.2 Å². The lowest BCUT2D eigenvalue weighted by atomic mass is 10.2. The second kappa shape index (κ2) is 7.96. The van der Waals surface area contributed by atoms with Crippen molar-refractivity contribution >= 4 is 39.1 Å². The van der Waals surface area contributed by atoms with E-state index in [0.717, 1.165) is 18.4 Å². The smallest absolute Gasteiger partial charge is 0.253 e. The summed E-state index contributed by atoms with van der Waals surface area (Å²) in [6, 6.07) is 11.3. The first kappa shape index (κ1) is 19.2. The highest BCUT2D eigenvalue weighted by Crippen LogP contribution is 2.25. The van der Waals surface area contributed by atoms with Crippen molar-refractivity contribution in [3.8, 4) is 0 Å². The van der Waals surface area contributed by atoms with Crippen molar-refractivity contribution in [3.05, 3.63) is 63.6 Å². The minimum Gasteiger partial charge on any atom is -0.348 e. The zero-order valence-corrected chi connectivity index (χ0v) is 16.2. The first-order chi connectivity index (χ1) is 12.4. The summed E-state index contributed by atoms with van der Waals surface area (Å²) in [5, 5.41) is 3.57. The van der Waals surface area contributed by atoms with E-state index >= 15 is 0 Å². The molecule has 1 aliphatic heterocycles. The average Bonchev–Trinajstić information content (AvgIpc) is 3.17. The third kappa shape index (κ3) is 4.20. The van der Waals surface area contributed by atoms with Crippen LogP contribution >= 0.6 is 23.2 Å². The summed E-state index contributed by atoms with van der Waals surface area (Å²) in [7, 11) is -3.60. The van der Waals surface area contributed by atoms with Crippen LogP contribution < -0.4 is 5.32 Å². The molecule has 26 heavy (non-hydrogen) atoms. The maximum absolute atomic E-state index is 12.7. The van der Waals surface area contributed by atoms with Crippen molar-refractivity contribution in [1.82, 2.24) is 9.62 Å². The van der Waals surface area contributed by atoms with Crippen molar-refractivity contribution in [2.45, 2.75) is 24.3 Å².